The molecule has 0 N–H and O–H groups in total. The van der Waals surface area contributed by atoms with Crippen LogP contribution in [0.15, 0.2) is 29.4 Å². The normalized spacial score (nSPS) is 32.0. The van der Waals surface area contributed by atoms with E-state index in [0.29, 0.717) is 10.7 Å². The number of benzene rings is 1. The number of methoxy groups -OCH3 is 1. The van der Waals surface area contributed by atoms with Gasteiger partial charge in [-0.25, -0.2) is 4.79 Å². The molecule has 0 amide bonds. The average molecular weight is 370 g/mol. The Labute approximate surface area is 157 Å². The molecule has 0 unspecified atom stereocenters. The van der Waals surface area contributed by atoms with Crippen LogP contribution in [0.4, 0.5) is 0 Å². The third-order valence-electron chi connectivity index (χ3n) is 6.50. The fraction of sp³-hybridized carbons (Fsp3) is 0.579. The SMILES string of the molecule is COC(=O)c1ccc(-[n+]2nn(C34CC5CC(CC(C5)C3)C4)nc2[S-])cc1. The fourth-order valence-electron chi connectivity index (χ4n) is 5.80. The van der Waals surface area contributed by atoms with Gasteiger partial charge in [-0.3, -0.25) is 0 Å². The molecular weight excluding hydrogens is 348 g/mol. The lowest BCUT2D eigenvalue weighted by molar-refractivity contribution is -0.699. The van der Waals surface area contributed by atoms with E-state index in [1.807, 2.05) is 16.9 Å². The number of hydrogen-bond acceptors (Lipinski definition) is 5. The molecule has 6 rings (SSSR count). The molecule has 0 saturated heterocycles. The molecule has 4 saturated carbocycles. The molecule has 4 aliphatic carbocycles. The highest BCUT2D eigenvalue weighted by Gasteiger charge is 2.56. The van der Waals surface area contributed by atoms with Crippen molar-refractivity contribution in [1.82, 2.24) is 15.1 Å². The molecule has 0 atom stereocenters. The second kappa shape index (κ2) is 5.74. The molecule has 4 fully saturated rings. The Kier molecular flexibility index (Phi) is 3.57. The van der Waals surface area contributed by atoms with Crippen LogP contribution in [0.25, 0.3) is 5.69 Å². The van der Waals surface area contributed by atoms with Crippen molar-refractivity contribution in [2.45, 2.75) is 49.2 Å². The van der Waals surface area contributed by atoms with Gasteiger partial charge in [0.25, 0.3) is 0 Å². The Hall–Kier alpha value is -2.02. The highest BCUT2D eigenvalue weighted by atomic mass is 32.1. The Morgan fingerprint density at radius 3 is 2.27 bits per heavy atom. The van der Waals surface area contributed by atoms with Gasteiger partial charge in [-0.1, -0.05) is 0 Å². The molecule has 0 aliphatic heterocycles. The van der Waals surface area contributed by atoms with Gasteiger partial charge in [-0.2, -0.15) is 0 Å². The van der Waals surface area contributed by atoms with E-state index >= 15 is 0 Å². The van der Waals surface area contributed by atoms with E-state index in [9.17, 15) is 4.79 Å². The van der Waals surface area contributed by atoms with E-state index in [2.05, 4.69) is 5.10 Å². The average Bonchev–Trinajstić information content (AvgIpc) is 3.03. The highest BCUT2D eigenvalue weighted by molar-refractivity contribution is 7.58. The van der Waals surface area contributed by atoms with Crippen LogP contribution in [0, 0.1) is 17.8 Å². The van der Waals surface area contributed by atoms with E-state index in [-0.39, 0.29) is 11.5 Å². The number of carbonyl (C=O) groups excluding carboxylic acids is 1. The maximum atomic E-state index is 11.6. The van der Waals surface area contributed by atoms with E-state index in [1.54, 1.807) is 16.8 Å². The number of tetrazole rings is 1. The van der Waals surface area contributed by atoms with Crippen molar-refractivity contribution in [3.8, 4) is 5.69 Å². The van der Waals surface area contributed by atoms with Gasteiger partial charge in [0.1, 0.15) is 11.2 Å². The molecule has 1 heterocycles. The third-order valence-corrected chi connectivity index (χ3v) is 6.75. The number of hydrogen-bond donors (Lipinski definition) is 0. The molecule has 0 radical (unpaired) electrons. The number of rotatable bonds is 3. The summed E-state index contributed by atoms with van der Waals surface area (Å²) in [6, 6.07) is 7.13. The first-order valence-electron chi connectivity index (χ1n) is 9.32. The summed E-state index contributed by atoms with van der Waals surface area (Å²) in [6.07, 6.45) is 7.71. The summed E-state index contributed by atoms with van der Waals surface area (Å²) in [5.74, 6) is 2.13. The molecule has 26 heavy (non-hydrogen) atoms. The van der Waals surface area contributed by atoms with Gasteiger partial charge >= 0.3 is 5.97 Å². The fourth-order valence-corrected chi connectivity index (χ4v) is 6.02. The summed E-state index contributed by atoms with van der Waals surface area (Å²) in [4.78, 5) is 13.5. The summed E-state index contributed by atoms with van der Waals surface area (Å²) in [7, 11) is 1.38. The predicted molar refractivity (Wildman–Crippen MR) is 94.7 cm³/mol. The van der Waals surface area contributed by atoms with Gasteiger partial charge in [-0.05, 0) is 85.3 Å². The quantitative estimate of drug-likeness (QED) is 0.471. The van der Waals surface area contributed by atoms with Crippen molar-refractivity contribution in [2.24, 2.45) is 17.8 Å². The molecule has 2 aromatic rings. The molecule has 4 bridgehead atoms. The minimum Gasteiger partial charge on any atom is -0.701 e. The van der Waals surface area contributed by atoms with Crippen LogP contribution < -0.4 is 4.68 Å². The lowest BCUT2D eigenvalue weighted by Gasteiger charge is -2.53. The first kappa shape index (κ1) is 16.2. The molecule has 1 aromatic carbocycles. The number of ether oxygens (including phenoxy) is 1. The summed E-state index contributed by atoms with van der Waals surface area (Å²) in [6.45, 7) is 0. The Morgan fingerprint density at radius 2 is 1.73 bits per heavy atom. The zero-order valence-electron chi connectivity index (χ0n) is 14.8. The van der Waals surface area contributed by atoms with Crippen LogP contribution in [0.1, 0.15) is 48.9 Å². The molecule has 0 spiro atoms. The first-order chi connectivity index (χ1) is 12.6. The van der Waals surface area contributed by atoms with Crippen molar-refractivity contribution in [2.75, 3.05) is 7.11 Å². The maximum absolute atomic E-state index is 11.6. The van der Waals surface area contributed by atoms with Gasteiger partial charge < -0.3 is 17.4 Å². The van der Waals surface area contributed by atoms with Crippen molar-refractivity contribution in [1.29, 1.82) is 0 Å². The van der Waals surface area contributed by atoms with Crippen molar-refractivity contribution >= 4 is 18.6 Å². The molecule has 1 aromatic heterocycles. The maximum Gasteiger partial charge on any atom is 0.337 e. The molecule has 7 heteroatoms. The minimum atomic E-state index is -0.350. The molecule has 4 aliphatic rings. The molecular formula is C19H22N4O2S. The minimum absolute atomic E-state index is 0.0551. The number of aromatic nitrogens is 4. The number of esters is 1. The van der Waals surface area contributed by atoms with E-state index in [1.165, 1.54) is 45.6 Å². The van der Waals surface area contributed by atoms with Crippen LogP contribution in [-0.4, -0.2) is 28.2 Å². The highest BCUT2D eigenvalue weighted by Crippen LogP contribution is 2.58. The predicted octanol–water partition coefficient (Wildman–Crippen LogP) is 2.17. The number of nitrogens with zero attached hydrogens (tertiary/aromatic N) is 4. The van der Waals surface area contributed by atoms with Gasteiger partial charge in [0.2, 0.25) is 0 Å². The second-order valence-electron chi connectivity index (χ2n) is 8.25. The van der Waals surface area contributed by atoms with Crippen LogP contribution in [0.5, 0.6) is 0 Å². The zero-order chi connectivity index (χ0) is 17.9. The summed E-state index contributed by atoms with van der Waals surface area (Å²) in [5, 5.41) is 9.87. The van der Waals surface area contributed by atoms with Gasteiger partial charge in [-0.15, -0.1) is 4.68 Å². The van der Waals surface area contributed by atoms with E-state index in [0.717, 1.165) is 23.4 Å². The van der Waals surface area contributed by atoms with Crippen LogP contribution in [0.3, 0.4) is 0 Å². The topological polar surface area (TPSA) is 60.9 Å². The van der Waals surface area contributed by atoms with Gasteiger partial charge in [0.05, 0.1) is 17.9 Å². The number of carbonyl (C=O) groups is 1. The Morgan fingerprint density at radius 1 is 1.15 bits per heavy atom. The van der Waals surface area contributed by atoms with E-state index < -0.39 is 0 Å². The Bertz CT molecular complexity index is 826. The monoisotopic (exact) mass is 370 g/mol. The molecule has 6 nitrogen and oxygen atoms in total. The third kappa shape index (κ3) is 2.44. The summed E-state index contributed by atoms with van der Waals surface area (Å²) in [5.41, 5.74) is 1.38. The Balaban J connectivity index is 1.48. The largest absolute Gasteiger partial charge is 0.701 e. The van der Waals surface area contributed by atoms with Gasteiger partial charge in [0.15, 0.2) is 5.16 Å². The van der Waals surface area contributed by atoms with Crippen LogP contribution in [0.2, 0.25) is 0 Å². The first-order valence-corrected chi connectivity index (χ1v) is 9.73. The lowest BCUT2D eigenvalue weighted by Crippen LogP contribution is -2.53. The van der Waals surface area contributed by atoms with Gasteiger partial charge in [0, 0.05) is 5.10 Å². The summed E-state index contributed by atoms with van der Waals surface area (Å²) < 4.78 is 6.45. The van der Waals surface area contributed by atoms with Crippen molar-refractivity contribution in [3.63, 3.8) is 0 Å². The summed E-state index contributed by atoms with van der Waals surface area (Å²) >= 11 is 5.49. The standard InChI is InChI=1S/C19H22N4O2S/c1-25-17(24)15-2-4-16(5-3-15)22-18(26)20-23(21-22)19-9-12-6-13(10-19)8-14(7-12)11-19/h2-5,12-14H,6-11H2,1H3. The smallest absolute Gasteiger partial charge is 0.337 e. The van der Waals surface area contributed by atoms with Crippen LogP contribution >= 0.6 is 0 Å². The lowest BCUT2D eigenvalue weighted by atomic mass is 9.53. The second-order valence-corrected chi connectivity index (χ2v) is 8.62. The van der Waals surface area contributed by atoms with Crippen molar-refractivity contribution in [3.05, 3.63) is 29.8 Å². The zero-order valence-corrected chi connectivity index (χ0v) is 15.6. The van der Waals surface area contributed by atoms with Crippen molar-refractivity contribution < 1.29 is 14.2 Å². The van der Waals surface area contributed by atoms with E-state index in [4.69, 9.17) is 22.6 Å². The molecule has 136 valence electrons. The van der Waals surface area contributed by atoms with Crippen LogP contribution in [-0.2, 0) is 22.9 Å².